The molecule has 0 bridgehead atoms. The van der Waals surface area contributed by atoms with Gasteiger partial charge in [-0.1, -0.05) is 0 Å². The lowest BCUT2D eigenvalue weighted by Crippen LogP contribution is -2.38. The number of carbonyl (C=O) groups is 1. The van der Waals surface area contributed by atoms with Gasteiger partial charge < -0.3 is 14.7 Å². The third kappa shape index (κ3) is 6.47. The first-order valence-corrected chi connectivity index (χ1v) is 5.52. The second kappa shape index (κ2) is 8.68. The SMILES string of the molecule is COCCCC(=O)N(CCCO)C(C)C. The number of aliphatic hydroxyl groups is 1. The van der Waals surface area contributed by atoms with E-state index in [1.807, 2.05) is 18.7 Å². The zero-order valence-corrected chi connectivity index (χ0v) is 10.0. The maximum absolute atomic E-state index is 11.8. The fraction of sp³-hybridized carbons (Fsp3) is 0.909. The van der Waals surface area contributed by atoms with Crippen LogP contribution in [0.4, 0.5) is 0 Å². The summed E-state index contributed by atoms with van der Waals surface area (Å²) in [7, 11) is 1.64. The Hall–Kier alpha value is -0.610. The van der Waals surface area contributed by atoms with Crippen molar-refractivity contribution in [1.29, 1.82) is 0 Å². The summed E-state index contributed by atoms with van der Waals surface area (Å²) in [5, 5.41) is 8.73. The Morgan fingerprint density at radius 3 is 2.53 bits per heavy atom. The summed E-state index contributed by atoms with van der Waals surface area (Å²) in [5.41, 5.74) is 0. The summed E-state index contributed by atoms with van der Waals surface area (Å²) in [5.74, 6) is 0.149. The highest BCUT2D eigenvalue weighted by molar-refractivity contribution is 5.76. The molecule has 1 N–H and O–H groups in total. The molecule has 0 radical (unpaired) electrons. The van der Waals surface area contributed by atoms with E-state index in [1.54, 1.807) is 7.11 Å². The maximum Gasteiger partial charge on any atom is 0.222 e. The van der Waals surface area contributed by atoms with Gasteiger partial charge in [-0.15, -0.1) is 0 Å². The lowest BCUT2D eigenvalue weighted by atomic mass is 10.2. The van der Waals surface area contributed by atoms with Crippen LogP contribution in [0, 0.1) is 0 Å². The summed E-state index contributed by atoms with van der Waals surface area (Å²) in [4.78, 5) is 13.6. The van der Waals surface area contributed by atoms with Crippen molar-refractivity contribution in [3.8, 4) is 0 Å². The molecule has 4 nitrogen and oxygen atoms in total. The fourth-order valence-corrected chi connectivity index (χ4v) is 1.42. The molecule has 15 heavy (non-hydrogen) atoms. The number of hydrogen-bond acceptors (Lipinski definition) is 3. The molecule has 0 rings (SSSR count). The first-order valence-electron chi connectivity index (χ1n) is 5.52. The quantitative estimate of drug-likeness (QED) is 0.618. The second-order valence-electron chi connectivity index (χ2n) is 3.85. The standard InChI is InChI=1S/C11H23NO3/c1-10(2)12(7-5-8-13)11(14)6-4-9-15-3/h10,13H,4-9H2,1-3H3. The van der Waals surface area contributed by atoms with Crippen LogP contribution in [0.2, 0.25) is 0 Å². The van der Waals surface area contributed by atoms with Crippen molar-refractivity contribution in [2.24, 2.45) is 0 Å². The molecule has 0 heterocycles. The summed E-state index contributed by atoms with van der Waals surface area (Å²) in [6.07, 6.45) is 1.93. The van der Waals surface area contributed by atoms with Crippen molar-refractivity contribution in [3.63, 3.8) is 0 Å². The Bertz CT molecular complexity index is 171. The molecule has 0 saturated heterocycles. The van der Waals surface area contributed by atoms with Gasteiger partial charge >= 0.3 is 0 Å². The molecule has 90 valence electrons. The Morgan fingerprint density at radius 2 is 2.07 bits per heavy atom. The van der Waals surface area contributed by atoms with Crippen molar-refractivity contribution < 1.29 is 14.6 Å². The maximum atomic E-state index is 11.8. The van der Waals surface area contributed by atoms with Crippen molar-refractivity contribution in [1.82, 2.24) is 4.90 Å². The van der Waals surface area contributed by atoms with Crippen LogP contribution in [-0.2, 0) is 9.53 Å². The molecule has 0 unspecified atom stereocenters. The number of hydrogen-bond donors (Lipinski definition) is 1. The van der Waals surface area contributed by atoms with Crippen LogP contribution < -0.4 is 0 Å². The van der Waals surface area contributed by atoms with Crippen molar-refractivity contribution in [2.75, 3.05) is 26.9 Å². The topological polar surface area (TPSA) is 49.8 Å². The average molecular weight is 217 g/mol. The third-order valence-electron chi connectivity index (χ3n) is 2.24. The van der Waals surface area contributed by atoms with E-state index in [-0.39, 0.29) is 18.6 Å². The summed E-state index contributed by atoms with van der Waals surface area (Å²) >= 11 is 0. The molecule has 0 aromatic carbocycles. The molecule has 0 aliphatic carbocycles. The minimum Gasteiger partial charge on any atom is -0.396 e. The largest absolute Gasteiger partial charge is 0.396 e. The zero-order chi connectivity index (χ0) is 11.7. The predicted molar refractivity (Wildman–Crippen MR) is 59.7 cm³/mol. The molecule has 0 aliphatic heterocycles. The summed E-state index contributed by atoms with van der Waals surface area (Å²) in [6, 6.07) is 0.201. The van der Waals surface area contributed by atoms with Crippen LogP contribution in [-0.4, -0.2) is 48.8 Å². The van der Waals surface area contributed by atoms with Gasteiger partial charge in [0.2, 0.25) is 5.91 Å². The second-order valence-corrected chi connectivity index (χ2v) is 3.85. The molecule has 0 spiro atoms. The molecule has 0 aromatic rings. The van der Waals surface area contributed by atoms with E-state index in [0.717, 1.165) is 6.42 Å². The fourth-order valence-electron chi connectivity index (χ4n) is 1.42. The van der Waals surface area contributed by atoms with Crippen LogP contribution in [0.1, 0.15) is 33.1 Å². The van der Waals surface area contributed by atoms with Crippen molar-refractivity contribution in [3.05, 3.63) is 0 Å². The monoisotopic (exact) mass is 217 g/mol. The molecule has 1 amide bonds. The van der Waals surface area contributed by atoms with Crippen LogP contribution in [0.25, 0.3) is 0 Å². The van der Waals surface area contributed by atoms with Crippen LogP contribution in [0.3, 0.4) is 0 Å². The first-order chi connectivity index (χ1) is 7.13. The molecule has 0 fully saturated rings. The summed E-state index contributed by atoms with van der Waals surface area (Å²) < 4.78 is 4.90. The minimum absolute atomic E-state index is 0.134. The Balaban J connectivity index is 3.93. The van der Waals surface area contributed by atoms with Gasteiger partial charge in [-0.2, -0.15) is 0 Å². The lowest BCUT2D eigenvalue weighted by molar-refractivity contribution is -0.133. The Kier molecular flexibility index (Phi) is 8.33. The van der Waals surface area contributed by atoms with Gasteiger partial charge in [-0.25, -0.2) is 0 Å². The Morgan fingerprint density at radius 1 is 1.40 bits per heavy atom. The van der Waals surface area contributed by atoms with E-state index < -0.39 is 0 Å². The molecule has 0 aliphatic rings. The van der Waals surface area contributed by atoms with Crippen LogP contribution in [0.15, 0.2) is 0 Å². The molecule has 0 saturated carbocycles. The van der Waals surface area contributed by atoms with E-state index in [9.17, 15) is 4.79 Å². The molecule has 0 atom stereocenters. The number of rotatable bonds is 8. The molecule has 4 heteroatoms. The normalized spacial score (nSPS) is 10.7. The van der Waals surface area contributed by atoms with Gasteiger partial charge in [0.25, 0.3) is 0 Å². The lowest BCUT2D eigenvalue weighted by Gasteiger charge is -2.26. The minimum atomic E-state index is 0.134. The Labute approximate surface area is 92.2 Å². The number of ether oxygens (including phenoxy) is 1. The highest BCUT2D eigenvalue weighted by atomic mass is 16.5. The van der Waals surface area contributed by atoms with Crippen LogP contribution >= 0.6 is 0 Å². The van der Waals surface area contributed by atoms with E-state index in [4.69, 9.17) is 9.84 Å². The van der Waals surface area contributed by atoms with Gasteiger partial charge in [0.05, 0.1) is 0 Å². The van der Waals surface area contributed by atoms with Crippen LogP contribution in [0.5, 0.6) is 0 Å². The number of aliphatic hydroxyl groups excluding tert-OH is 1. The zero-order valence-electron chi connectivity index (χ0n) is 10.0. The number of nitrogens with zero attached hydrogens (tertiary/aromatic N) is 1. The number of methoxy groups -OCH3 is 1. The van der Waals surface area contributed by atoms with E-state index in [1.165, 1.54) is 0 Å². The highest BCUT2D eigenvalue weighted by Gasteiger charge is 2.15. The van der Waals surface area contributed by atoms with Crippen molar-refractivity contribution >= 4 is 5.91 Å². The highest BCUT2D eigenvalue weighted by Crippen LogP contribution is 2.05. The first kappa shape index (κ1) is 14.4. The van der Waals surface area contributed by atoms with E-state index in [2.05, 4.69) is 0 Å². The van der Waals surface area contributed by atoms with Gasteiger partial charge in [-0.05, 0) is 26.7 Å². The molecular formula is C11H23NO3. The van der Waals surface area contributed by atoms with E-state index in [0.29, 0.717) is 26.0 Å². The third-order valence-corrected chi connectivity index (χ3v) is 2.24. The molecule has 0 aromatic heterocycles. The predicted octanol–water partition coefficient (Wildman–Crippen LogP) is 1.03. The van der Waals surface area contributed by atoms with Gasteiger partial charge in [0.15, 0.2) is 0 Å². The number of amides is 1. The summed E-state index contributed by atoms with van der Waals surface area (Å²) in [6.45, 7) is 5.38. The van der Waals surface area contributed by atoms with Gasteiger partial charge in [0.1, 0.15) is 0 Å². The van der Waals surface area contributed by atoms with Gasteiger partial charge in [0, 0.05) is 39.3 Å². The molecular weight excluding hydrogens is 194 g/mol. The van der Waals surface area contributed by atoms with Gasteiger partial charge in [-0.3, -0.25) is 4.79 Å². The van der Waals surface area contributed by atoms with Crippen molar-refractivity contribution in [2.45, 2.75) is 39.2 Å². The van der Waals surface area contributed by atoms with E-state index >= 15 is 0 Å². The number of carbonyl (C=O) groups excluding carboxylic acids is 1. The average Bonchev–Trinajstić information content (AvgIpc) is 2.18. The smallest absolute Gasteiger partial charge is 0.222 e.